The molecule has 2 aromatic heterocycles. The van der Waals surface area contributed by atoms with E-state index < -0.39 is 11.7 Å². The number of aromatic nitrogens is 4. The number of aryl methyl sites for hydroxylation is 1. The van der Waals surface area contributed by atoms with E-state index in [1.165, 1.54) is 19.2 Å². The minimum atomic E-state index is -4.45. The maximum absolute atomic E-state index is 12.9. The average molecular weight is 378 g/mol. The SMILES string of the molecule is COc1cc(C(F)(F)F)ccc1[C@H](C)n1cc(-c2cc(=O)[nH]c(C)n2)cn1. The van der Waals surface area contributed by atoms with Crippen LogP contribution in [0.1, 0.15) is 29.9 Å². The van der Waals surface area contributed by atoms with Gasteiger partial charge in [0, 0.05) is 23.4 Å². The number of hydrogen-bond acceptors (Lipinski definition) is 4. The molecule has 1 atom stereocenters. The maximum atomic E-state index is 12.9. The molecule has 0 aliphatic heterocycles. The highest BCUT2D eigenvalue weighted by Gasteiger charge is 2.31. The minimum absolute atomic E-state index is 0.125. The highest BCUT2D eigenvalue weighted by molar-refractivity contribution is 5.56. The number of halogens is 3. The number of ether oxygens (including phenoxy) is 1. The molecule has 0 bridgehead atoms. The van der Waals surface area contributed by atoms with E-state index in [4.69, 9.17) is 4.74 Å². The Morgan fingerprint density at radius 2 is 2.00 bits per heavy atom. The lowest BCUT2D eigenvalue weighted by Crippen LogP contribution is -2.11. The van der Waals surface area contributed by atoms with Gasteiger partial charge < -0.3 is 9.72 Å². The molecule has 142 valence electrons. The van der Waals surface area contributed by atoms with Crippen molar-refractivity contribution in [2.24, 2.45) is 0 Å². The number of H-pyrrole nitrogens is 1. The van der Waals surface area contributed by atoms with E-state index in [0.29, 0.717) is 22.6 Å². The summed E-state index contributed by atoms with van der Waals surface area (Å²) in [6.07, 6.45) is -1.21. The van der Waals surface area contributed by atoms with Crippen LogP contribution in [0.3, 0.4) is 0 Å². The first-order valence-corrected chi connectivity index (χ1v) is 8.06. The molecule has 1 aromatic carbocycles. The van der Waals surface area contributed by atoms with Crippen molar-refractivity contribution >= 4 is 0 Å². The Morgan fingerprint density at radius 3 is 2.63 bits per heavy atom. The van der Waals surface area contributed by atoms with Gasteiger partial charge in [-0.05, 0) is 26.0 Å². The summed E-state index contributed by atoms with van der Waals surface area (Å²) < 4.78 is 45.5. The highest BCUT2D eigenvalue weighted by atomic mass is 19.4. The van der Waals surface area contributed by atoms with Gasteiger partial charge in [-0.25, -0.2) is 4.98 Å². The molecule has 3 rings (SSSR count). The van der Waals surface area contributed by atoms with Crippen molar-refractivity contribution in [3.05, 3.63) is 64.0 Å². The van der Waals surface area contributed by atoms with Crippen LogP contribution in [0, 0.1) is 6.92 Å². The standard InChI is InChI=1S/C18H17F3N4O2/c1-10(14-5-4-13(18(19,20)21)6-16(14)27-3)25-9-12(8-22-25)15-7-17(26)24-11(2)23-15/h4-10H,1-3H3,(H,23,24,26)/t10-/m0/s1. The van der Waals surface area contributed by atoms with Gasteiger partial charge in [-0.3, -0.25) is 9.48 Å². The van der Waals surface area contributed by atoms with Crippen LogP contribution in [0.15, 0.2) is 41.5 Å². The number of nitrogens with zero attached hydrogens (tertiary/aromatic N) is 3. The number of hydrogen-bond donors (Lipinski definition) is 1. The topological polar surface area (TPSA) is 72.8 Å². The van der Waals surface area contributed by atoms with E-state index in [-0.39, 0.29) is 17.4 Å². The molecule has 0 fully saturated rings. The summed E-state index contributed by atoms with van der Waals surface area (Å²) >= 11 is 0. The van der Waals surface area contributed by atoms with Crippen LogP contribution in [0.4, 0.5) is 13.2 Å². The van der Waals surface area contributed by atoms with Crippen molar-refractivity contribution in [3.8, 4) is 17.0 Å². The largest absolute Gasteiger partial charge is 0.496 e. The zero-order chi connectivity index (χ0) is 19.8. The van der Waals surface area contributed by atoms with E-state index in [1.54, 1.807) is 30.9 Å². The zero-order valence-corrected chi connectivity index (χ0v) is 14.8. The van der Waals surface area contributed by atoms with E-state index >= 15 is 0 Å². The van der Waals surface area contributed by atoms with Crippen LogP contribution >= 0.6 is 0 Å². The lowest BCUT2D eigenvalue weighted by molar-refractivity contribution is -0.137. The number of benzene rings is 1. The second-order valence-corrected chi connectivity index (χ2v) is 6.06. The summed E-state index contributed by atoms with van der Waals surface area (Å²) in [5, 5.41) is 4.26. The lowest BCUT2D eigenvalue weighted by atomic mass is 10.0. The predicted molar refractivity (Wildman–Crippen MR) is 92.6 cm³/mol. The van der Waals surface area contributed by atoms with E-state index in [1.807, 2.05) is 0 Å². The van der Waals surface area contributed by atoms with Gasteiger partial charge in [-0.1, -0.05) is 6.07 Å². The smallest absolute Gasteiger partial charge is 0.416 e. The van der Waals surface area contributed by atoms with E-state index in [0.717, 1.165) is 12.1 Å². The fourth-order valence-electron chi connectivity index (χ4n) is 2.78. The van der Waals surface area contributed by atoms with Crippen molar-refractivity contribution in [1.29, 1.82) is 0 Å². The summed E-state index contributed by atoms with van der Waals surface area (Å²) in [5.74, 6) is 0.599. The van der Waals surface area contributed by atoms with Crippen LogP contribution in [-0.2, 0) is 6.18 Å². The Hall–Kier alpha value is -3.10. The Balaban J connectivity index is 1.96. The number of methoxy groups -OCH3 is 1. The van der Waals surface area contributed by atoms with Crippen LogP contribution < -0.4 is 10.3 Å². The molecule has 0 saturated carbocycles. The Kier molecular flexibility index (Phi) is 4.77. The molecular weight excluding hydrogens is 361 g/mol. The molecule has 0 aliphatic rings. The van der Waals surface area contributed by atoms with Crippen LogP contribution in [-0.4, -0.2) is 26.9 Å². The molecule has 0 amide bonds. The third-order valence-corrected chi connectivity index (χ3v) is 4.17. The van der Waals surface area contributed by atoms with Gasteiger partial charge in [0.1, 0.15) is 11.6 Å². The van der Waals surface area contributed by atoms with E-state index in [2.05, 4.69) is 15.1 Å². The first-order valence-electron chi connectivity index (χ1n) is 8.06. The van der Waals surface area contributed by atoms with Gasteiger partial charge >= 0.3 is 6.18 Å². The maximum Gasteiger partial charge on any atom is 0.416 e. The average Bonchev–Trinajstić information content (AvgIpc) is 3.09. The fourth-order valence-corrected chi connectivity index (χ4v) is 2.78. The van der Waals surface area contributed by atoms with Gasteiger partial charge in [0.15, 0.2) is 0 Å². The van der Waals surface area contributed by atoms with Gasteiger partial charge in [0.25, 0.3) is 5.56 Å². The van der Waals surface area contributed by atoms with Crippen molar-refractivity contribution in [3.63, 3.8) is 0 Å². The summed E-state index contributed by atoms with van der Waals surface area (Å²) in [7, 11) is 1.32. The van der Waals surface area contributed by atoms with Crippen LogP contribution in [0.25, 0.3) is 11.3 Å². The first kappa shape index (κ1) is 18.7. The molecule has 2 heterocycles. The molecule has 27 heavy (non-hydrogen) atoms. The molecule has 3 aromatic rings. The lowest BCUT2D eigenvalue weighted by Gasteiger charge is -2.18. The highest BCUT2D eigenvalue weighted by Crippen LogP contribution is 2.36. The monoisotopic (exact) mass is 378 g/mol. The van der Waals surface area contributed by atoms with Gasteiger partial charge in [-0.2, -0.15) is 18.3 Å². The third-order valence-electron chi connectivity index (χ3n) is 4.17. The van der Waals surface area contributed by atoms with Gasteiger partial charge in [0.05, 0.1) is 30.6 Å². The quantitative estimate of drug-likeness (QED) is 0.753. The van der Waals surface area contributed by atoms with Gasteiger partial charge in [-0.15, -0.1) is 0 Å². The van der Waals surface area contributed by atoms with Gasteiger partial charge in [0.2, 0.25) is 0 Å². The summed E-state index contributed by atoms with van der Waals surface area (Å²) in [6, 6.07) is 4.33. The van der Waals surface area contributed by atoms with Crippen molar-refractivity contribution in [1.82, 2.24) is 19.7 Å². The minimum Gasteiger partial charge on any atom is -0.496 e. The Morgan fingerprint density at radius 1 is 1.26 bits per heavy atom. The van der Waals surface area contributed by atoms with Crippen molar-refractivity contribution in [2.45, 2.75) is 26.1 Å². The molecule has 0 saturated heterocycles. The molecular formula is C18H17F3N4O2. The molecule has 0 spiro atoms. The van der Waals surface area contributed by atoms with Crippen molar-refractivity contribution in [2.75, 3.05) is 7.11 Å². The predicted octanol–water partition coefficient (Wildman–Crippen LogP) is 3.58. The normalized spacial score (nSPS) is 12.8. The third kappa shape index (κ3) is 3.86. The van der Waals surface area contributed by atoms with Crippen molar-refractivity contribution < 1.29 is 17.9 Å². The Labute approximate surface area is 152 Å². The molecule has 1 N–H and O–H groups in total. The van der Waals surface area contributed by atoms with E-state index in [9.17, 15) is 18.0 Å². The van der Waals surface area contributed by atoms with Crippen LogP contribution in [0.5, 0.6) is 5.75 Å². The molecule has 6 nitrogen and oxygen atoms in total. The second kappa shape index (κ2) is 6.90. The molecule has 9 heteroatoms. The molecule has 0 unspecified atom stereocenters. The number of aromatic amines is 1. The first-order chi connectivity index (χ1) is 12.7. The fraction of sp³-hybridized carbons (Fsp3) is 0.278. The second-order valence-electron chi connectivity index (χ2n) is 6.06. The zero-order valence-electron chi connectivity index (χ0n) is 14.8. The summed E-state index contributed by atoms with van der Waals surface area (Å²) in [5.41, 5.74) is 0.591. The number of alkyl halides is 3. The number of nitrogens with one attached hydrogen (secondary N) is 1. The molecule has 0 aliphatic carbocycles. The summed E-state index contributed by atoms with van der Waals surface area (Å²) in [6.45, 7) is 3.46. The molecule has 0 radical (unpaired) electrons. The summed E-state index contributed by atoms with van der Waals surface area (Å²) in [4.78, 5) is 18.4. The van der Waals surface area contributed by atoms with Crippen LogP contribution in [0.2, 0.25) is 0 Å². The number of rotatable bonds is 4. The Bertz CT molecular complexity index is 1020.